The van der Waals surface area contributed by atoms with Crippen LogP contribution in [0.25, 0.3) is 10.9 Å². The second-order valence-electron chi connectivity index (χ2n) is 3.24. The number of hydrogen-bond donors (Lipinski definition) is 2. The van der Waals surface area contributed by atoms with E-state index in [2.05, 4.69) is 0 Å². The molecule has 1 amide bonds. The van der Waals surface area contributed by atoms with Gasteiger partial charge in [0.05, 0.1) is 5.52 Å². The van der Waals surface area contributed by atoms with Crippen molar-refractivity contribution < 1.29 is 18.3 Å². The lowest BCUT2D eigenvalue weighted by molar-refractivity contribution is 0.245. The lowest BCUT2D eigenvalue weighted by Crippen LogP contribution is -2.30. The Kier molecular flexibility index (Phi) is 2.72. The SMILES string of the molecule is O=C(NS(=O)(=O)Cl)n1c(O)cc2ccccc21. The number of hydrogen-bond acceptors (Lipinski definition) is 4. The molecular weight excluding hydrogens is 268 g/mol. The summed E-state index contributed by atoms with van der Waals surface area (Å²) in [7, 11) is 0.700. The molecule has 0 unspecified atom stereocenters. The molecule has 0 radical (unpaired) electrons. The van der Waals surface area contributed by atoms with Crippen LogP contribution in [0.5, 0.6) is 5.88 Å². The van der Waals surface area contributed by atoms with Crippen molar-refractivity contribution in [2.24, 2.45) is 0 Å². The predicted molar refractivity (Wildman–Crippen MR) is 62.3 cm³/mol. The van der Waals surface area contributed by atoms with Gasteiger partial charge >= 0.3 is 15.3 Å². The number of amides is 1. The van der Waals surface area contributed by atoms with Crippen molar-refractivity contribution in [2.45, 2.75) is 0 Å². The van der Waals surface area contributed by atoms with Gasteiger partial charge in [0.2, 0.25) is 0 Å². The summed E-state index contributed by atoms with van der Waals surface area (Å²) in [5.41, 5.74) is 0.378. The topological polar surface area (TPSA) is 88.4 Å². The molecule has 0 atom stereocenters. The number of aromatic nitrogens is 1. The van der Waals surface area contributed by atoms with E-state index in [1.165, 1.54) is 6.07 Å². The minimum atomic E-state index is -4.19. The molecule has 0 fully saturated rings. The van der Waals surface area contributed by atoms with Gasteiger partial charge in [-0.3, -0.25) is 0 Å². The highest BCUT2D eigenvalue weighted by Gasteiger charge is 2.18. The predicted octanol–water partition coefficient (Wildman–Crippen LogP) is 1.39. The van der Waals surface area contributed by atoms with E-state index in [1.807, 2.05) is 0 Å². The normalized spacial score (nSPS) is 11.6. The van der Waals surface area contributed by atoms with E-state index in [4.69, 9.17) is 10.7 Å². The summed E-state index contributed by atoms with van der Waals surface area (Å²) < 4.78 is 23.8. The fourth-order valence-electron chi connectivity index (χ4n) is 1.50. The van der Waals surface area contributed by atoms with E-state index in [1.54, 1.807) is 29.0 Å². The summed E-state index contributed by atoms with van der Waals surface area (Å²) >= 11 is 0. The molecule has 1 aromatic carbocycles. The van der Waals surface area contributed by atoms with Crippen molar-refractivity contribution in [2.75, 3.05) is 0 Å². The molecule has 17 heavy (non-hydrogen) atoms. The number of benzene rings is 1. The Morgan fingerprint density at radius 1 is 1.35 bits per heavy atom. The summed E-state index contributed by atoms with van der Waals surface area (Å²) in [5.74, 6) is -0.371. The first-order chi connectivity index (χ1) is 7.88. The largest absolute Gasteiger partial charge is 0.494 e. The van der Waals surface area contributed by atoms with Crippen LogP contribution < -0.4 is 4.72 Å². The number of halogens is 1. The highest BCUT2D eigenvalue weighted by Crippen LogP contribution is 2.23. The third kappa shape index (κ3) is 2.34. The zero-order valence-electron chi connectivity index (χ0n) is 8.29. The van der Waals surface area contributed by atoms with Crippen molar-refractivity contribution in [1.82, 2.24) is 9.29 Å². The Morgan fingerprint density at radius 3 is 2.65 bits per heavy atom. The van der Waals surface area contributed by atoms with Crippen molar-refractivity contribution >= 4 is 36.9 Å². The molecular formula is C9H7ClN2O4S. The van der Waals surface area contributed by atoms with Gasteiger partial charge in [-0.1, -0.05) is 18.2 Å². The Morgan fingerprint density at radius 2 is 2.00 bits per heavy atom. The van der Waals surface area contributed by atoms with Gasteiger partial charge in [0, 0.05) is 22.1 Å². The highest BCUT2D eigenvalue weighted by atomic mass is 35.7. The summed E-state index contributed by atoms with van der Waals surface area (Å²) in [5, 5.41) is 10.2. The number of para-hydroxylation sites is 1. The number of rotatable bonds is 1. The van der Waals surface area contributed by atoms with Crippen LogP contribution in [0.3, 0.4) is 0 Å². The zero-order valence-corrected chi connectivity index (χ0v) is 9.86. The first-order valence-corrected chi connectivity index (χ1v) is 6.75. The van der Waals surface area contributed by atoms with Gasteiger partial charge < -0.3 is 5.11 Å². The van der Waals surface area contributed by atoms with E-state index < -0.39 is 15.3 Å². The van der Waals surface area contributed by atoms with Crippen molar-refractivity contribution in [1.29, 1.82) is 0 Å². The Labute approximate surface area is 101 Å². The lowest BCUT2D eigenvalue weighted by Gasteiger charge is -2.04. The third-order valence-electron chi connectivity index (χ3n) is 2.10. The van der Waals surface area contributed by atoms with E-state index in [0.717, 1.165) is 4.57 Å². The number of carbonyl (C=O) groups excluding carboxylic acids is 1. The summed E-state index contributed by atoms with van der Waals surface area (Å²) in [6.45, 7) is 0. The second kappa shape index (κ2) is 3.94. The zero-order chi connectivity index (χ0) is 12.6. The fraction of sp³-hybridized carbons (Fsp3) is 0. The molecule has 8 heteroatoms. The van der Waals surface area contributed by atoms with Crippen LogP contribution in [0.2, 0.25) is 0 Å². The van der Waals surface area contributed by atoms with Crippen LogP contribution >= 0.6 is 10.7 Å². The molecule has 0 spiro atoms. The molecule has 90 valence electrons. The molecule has 0 aliphatic rings. The molecule has 0 saturated carbocycles. The first-order valence-electron chi connectivity index (χ1n) is 4.45. The van der Waals surface area contributed by atoms with E-state index >= 15 is 0 Å². The van der Waals surface area contributed by atoms with Crippen LogP contribution in [-0.2, 0) is 9.24 Å². The number of nitrogens with one attached hydrogen (secondary N) is 1. The summed E-state index contributed by atoms with van der Waals surface area (Å²) in [6, 6.07) is 6.92. The van der Waals surface area contributed by atoms with Gasteiger partial charge in [0.1, 0.15) is 0 Å². The molecule has 6 nitrogen and oxygen atoms in total. The number of nitrogens with zero attached hydrogens (tertiary/aromatic N) is 1. The molecule has 2 N–H and O–H groups in total. The van der Waals surface area contributed by atoms with Crippen LogP contribution in [0.4, 0.5) is 4.79 Å². The monoisotopic (exact) mass is 274 g/mol. The second-order valence-corrected chi connectivity index (χ2v) is 5.54. The number of fused-ring (bicyclic) bond motifs is 1. The highest BCUT2D eigenvalue weighted by molar-refractivity contribution is 8.12. The quantitative estimate of drug-likeness (QED) is 0.769. The molecule has 2 rings (SSSR count). The number of aromatic hydroxyl groups is 1. The van der Waals surface area contributed by atoms with Crippen LogP contribution in [-0.4, -0.2) is 24.1 Å². The van der Waals surface area contributed by atoms with Crippen LogP contribution in [0.15, 0.2) is 30.3 Å². The van der Waals surface area contributed by atoms with Gasteiger partial charge in [0.15, 0.2) is 5.88 Å². The summed E-state index contributed by atoms with van der Waals surface area (Å²) in [6.07, 6.45) is 0. The maximum atomic E-state index is 11.6. The first kappa shape index (κ1) is 11.7. The van der Waals surface area contributed by atoms with Gasteiger partial charge in [-0.15, -0.1) is 0 Å². The van der Waals surface area contributed by atoms with Crippen LogP contribution in [0.1, 0.15) is 0 Å². The molecule has 1 aromatic heterocycles. The fourth-order valence-corrected chi connectivity index (χ4v) is 2.00. The maximum Gasteiger partial charge on any atom is 0.343 e. The van der Waals surface area contributed by atoms with E-state index in [9.17, 15) is 18.3 Å². The van der Waals surface area contributed by atoms with Crippen molar-refractivity contribution in [3.8, 4) is 5.88 Å². The molecule has 2 aromatic rings. The molecule has 0 saturated heterocycles. The van der Waals surface area contributed by atoms with Gasteiger partial charge in [-0.05, 0) is 6.07 Å². The Bertz CT molecular complexity index is 692. The third-order valence-corrected chi connectivity index (χ3v) is 2.75. The maximum absolute atomic E-state index is 11.6. The molecule has 0 aliphatic carbocycles. The van der Waals surface area contributed by atoms with Crippen molar-refractivity contribution in [3.63, 3.8) is 0 Å². The van der Waals surface area contributed by atoms with Crippen LogP contribution in [0, 0.1) is 0 Å². The Balaban J connectivity index is 2.55. The lowest BCUT2D eigenvalue weighted by atomic mass is 10.2. The molecule has 0 aliphatic heterocycles. The Hall–Kier alpha value is -1.73. The minimum Gasteiger partial charge on any atom is -0.494 e. The summed E-state index contributed by atoms with van der Waals surface area (Å²) in [4.78, 5) is 11.6. The minimum absolute atomic E-state index is 0.371. The number of carbonyl (C=O) groups is 1. The van der Waals surface area contributed by atoms with E-state index in [-0.39, 0.29) is 5.88 Å². The standard InChI is InChI=1S/C9H7ClN2O4S/c10-17(15,16)11-9(14)12-7-4-2-1-3-6(7)5-8(12)13/h1-5,13H,(H,11,14). The van der Waals surface area contributed by atoms with Gasteiger partial charge in [-0.2, -0.15) is 8.42 Å². The van der Waals surface area contributed by atoms with Crippen molar-refractivity contribution in [3.05, 3.63) is 30.3 Å². The van der Waals surface area contributed by atoms with Gasteiger partial charge in [0.25, 0.3) is 0 Å². The molecule has 0 bridgehead atoms. The molecule has 1 heterocycles. The smallest absolute Gasteiger partial charge is 0.343 e. The van der Waals surface area contributed by atoms with Gasteiger partial charge in [-0.25, -0.2) is 14.1 Å². The van der Waals surface area contributed by atoms with E-state index in [0.29, 0.717) is 10.9 Å². The average molecular weight is 275 g/mol. The average Bonchev–Trinajstić information content (AvgIpc) is 2.50.